The average Bonchev–Trinajstić information content (AvgIpc) is 3.27. The summed E-state index contributed by atoms with van der Waals surface area (Å²) in [6.07, 6.45) is 0. The number of amides is 1. The molecule has 0 atom stereocenters. The van der Waals surface area contributed by atoms with E-state index in [1.807, 2.05) is 71.6 Å². The number of piperazine rings is 1. The van der Waals surface area contributed by atoms with Crippen LogP contribution >= 0.6 is 0 Å². The number of ether oxygens (including phenoxy) is 1. The minimum Gasteiger partial charge on any atom is -0.497 e. The summed E-state index contributed by atoms with van der Waals surface area (Å²) in [7, 11) is 1.67. The zero-order chi connectivity index (χ0) is 21.2. The van der Waals surface area contributed by atoms with Crippen molar-refractivity contribution < 1.29 is 14.1 Å². The van der Waals surface area contributed by atoms with Crippen LogP contribution in [0.25, 0.3) is 22.2 Å². The Kier molecular flexibility index (Phi) is 5.04. The minimum atomic E-state index is 0.0346. The topological polar surface area (TPSA) is 58.8 Å². The summed E-state index contributed by atoms with van der Waals surface area (Å²) in [6.45, 7) is 2.90. The monoisotopic (exact) mass is 413 g/mol. The molecule has 1 amide bonds. The van der Waals surface area contributed by atoms with Crippen LogP contribution in [0.3, 0.4) is 0 Å². The maximum atomic E-state index is 13.2. The fourth-order valence-corrected chi connectivity index (χ4v) is 4.03. The SMILES string of the molecule is COc1cccc(N2CCN(C(=O)c3ccc4noc(-c5ccccc5)c4c3)CC2)c1. The lowest BCUT2D eigenvalue weighted by Gasteiger charge is -2.36. The molecule has 6 nitrogen and oxygen atoms in total. The lowest BCUT2D eigenvalue weighted by Crippen LogP contribution is -2.48. The van der Waals surface area contributed by atoms with Crippen molar-refractivity contribution in [1.29, 1.82) is 0 Å². The number of rotatable bonds is 4. The van der Waals surface area contributed by atoms with Crippen molar-refractivity contribution >= 4 is 22.5 Å². The molecule has 6 heteroatoms. The van der Waals surface area contributed by atoms with E-state index in [2.05, 4.69) is 16.1 Å². The van der Waals surface area contributed by atoms with Gasteiger partial charge in [0.1, 0.15) is 11.3 Å². The maximum Gasteiger partial charge on any atom is 0.254 e. The van der Waals surface area contributed by atoms with Crippen LogP contribution in [0.5, 0.6) is 5.75 Å². The fourth-order valence-electron chi connectivity index (χ4n) is 4.03. The van der Waals surface area contributed by atoms with Crippen LogP contribution in [-0.2, 0) is 0 Å². The molecule has 1 aromatic heterocycles. The number of anilines is 1. The lowest BCUT2D eigenvalue weighted by atomic mass is 10.1. The zero-order valence-corrected chi connectivity index (χ0v) is 17.3. The molecule has 0 unspecified atom stereocenters. The van der Waals surface area contributed by atoms with Crippen molar-refractivity contribution in [2.24, 2.45) is 0 Å². The summed E-state index contributed by atoms with van der Waals surface area (Å²) in [5, 5.41) is 5.00. The van der Waals surface area contributed by atoms with Gasteiger partial charge in [-0.25, -0.2) is 0 Å². The number of hydrogen-bond donors (Lipinski definition) is 0. The van der Waals surface area contributed by atoms with E-state index in [0.717, 1.165) is 41.0 Å². The zero-order valence-electron chi connectivity index (χ0n) is 17.3. The third kappa shape index (κ3) is 3.72. The smallest absolute Gasteiger partial charge is 0.254 e. The van der Waals surface area contributed by atoms with Crippen LogP contribution in [0, 0.1) is 0 Å². The van der Waals surface area contributed by atoms with Gasteiger partial charge >= 0.3 is 0 Å². The maximum absolute atomic E-state index is 13.2. The number of methoxy groups -OCH3 is 1. The van der Waals surface area contributed by atoms with E-state index < -0.39 is 0 Å². The minimum absolute atomic E-state index is 0.0346. The van der Waals surface area contributed by atoms with Gasteiger partial charge in [0.15, 0.2) is 5.76 Å². The highest BCUT2D eigenvalue weighted by atomic mass is 16.5. The molecule has 156 valence electrons. The standard InChI is InChI=1S/C25H23N3O3/c1-30-21-9-5-8-20(17-21)27-12-14-28(15-13-27)25(29)19-10-11-23-22(16-19)24(31-26-23)18-6-3-2-4-7-18/h2-11,16-17H,12-15H2,1H3. The van der Waals surface area contributed by atoms with Gasteiger partial charge in [-0.05, 0) is 30.3 Å². The van der Waals surface area contributed by atoms with Crippen LogP contribution in [0.15, 0.2) is 77.3 Å². The highest BCUT2D eigenvalue weighted by Gasteiger charge is 2.23. The van der Waals surface area contributed by atoms with Gasteiger partial charge in [-0.2, -0.15) is 0 Å². The number of aromatic nitrogens is 1. The molecule has 0 aliphatic carbocycles. The third-order valence-electron chi connectivity index (χ3n) is 5.74. The number of fused-ring (bicyclic) bond motifs is 1. The van der Waals surface area contributed by atoms with E-state index in [0.29, 0.717) is 24.4 Å². The molecule has 1 aliphatic heterocycles. The molecule has 3 aromatic carbocycles. The predicted octanol–water partition coefficient (Wildman–Crippen LogP) is 4.47. The van der Waals surface area contributed by atoms with Crippen LogP contribution in [0.4, 0.5) is 5.69 Å². The van der Waals surface area contributed by atoms with Crippen molar-refractivity contribution in [3.05, 3.63) is 78.4 Å². The van der Waals surface area contributed by atoms with Crippen molar-refractivity contribution in [1.82, 2.24) is 10.1 Å². The molecule has 0 radical (unpaired) electrons. The second-order valence-electron chi connectivity index (χ2n) is 7.59. The second kappa shape index (κ2) is 8.14. The number of carbonyl (C=O) groups is 1. The third-order valence-corrected chi connectivity index (χ3v) is 5.74. The predicted molar refractivity (Wildman–Crippen MR) is 121 cm³/mol. The van der Waals surface area contributed by atoms with E-state index in [1.165, 1.54) is 0 Å². The summed E-state index contributed by atoms with van der Waals surface area (Å²) in [5.74, 6) is 1.56. The van der Waals surface area contributed by atoms with Crippen LogP contribution in [-0.4, -0.2) is 49.3 Å². The summed E-state index contributed by atoms with van der Waals surface area (Å²) < 4.78 is 10.9. The summed E-state index contributed by atoms with van der Waals surface area (Å²) in [4.78, 5) is 17.4. The van der Waals surface area contributed by atoms with Gasteiger partial charge < -0.3 is 19.1 Å². The first kappa shape index (κ1) is 19.2. The van der Waals surface area contributed by atoms with E-state index in [-0.39, 0.29) is 5.91 Å². The first-order valence-corrected chi connectivity index (χ1v) is 10.4. The molecule has 0 saturated carbocycles. The average molecular weight is 413 g/mol. The Morgan fingerprint density at radius 3 is 2.52 bits per heavy atom. The number of nitrogens with zero attached hydrogens (tertiary/aromatic N) is 3. The van der Waals surface area contributed by atoms with Gasteiger partial charge in [0.2, 0.25) is 0 Å². The summed E-state index contributed by atoms with van der Waals surface area (Å²) in [5.41, 5.74) is 3.47. The molecular formula is C25H23N3O3. The number of hydrogen-bond acceptors (Lipinski definition) is 5. The van der Waals surface area contributed by atoms with Gasteiger partial charge in [-0.15, -0.1) is 0 Å². The summed E-state index contributed by atoms with van der Waals surface area (Å²) in [6, 6.07) is 23.4. The molecule has 0 spiro atoms. The Morgan fingerprint density at radius 1 is 0.935 bits per heavy atom. The van der Waals surface area contributed by atoms with Gasteiger partial charge in [-0.3, -0.25) is 4.79 Å². The first-order chi connectivity index (χ1) is 15.2. The molecule has 1 aliphatic rings. The Hall–Kier alpha value is -3.80. The molecule has 5 rings (SSSR count). The van der Waals surface area contributed by atoms with E-state index in [4.69, 9.17) is 9.26 Å². The van der Waals surface area contributed by atoms with Gasteiger partial charge in [0.25, 0.3) is 5.91 Å². The Labute approximate surface area is 180 Å². The van der Waals surface area contributed by atoms with E-state index in [9.17, 15) is 4.79 Å². The molecule has 31 heavy (non-hydrogen) atoms. The van der Waals surface area contributed by atoms with Crippen molar-refractivity contribution in [3.63, 3.8) is 0 Å². The first-order valence-electron chi connectivity index (χ1n) is 10.4. The van der Waals surface area contributed by atoms with Crippen molar-refractivity contribution in [2.45, 2.75) is 0 Å². The molecular weight excluding hydrogens is 390 g/mol. The van der Waals surface area contributed by atoms with Crippen molar-refractivity contribution in [2.75, 3.05) is 38.2 Å². The molecule has 4 aromatic rings. The van der Waals surface area contributed by atoms with Crippen molar-refractivity contribution in [3.8, 4) is 17.1 Å². The van der Waals surface area contributed by atoms with Crippen LogP contribution in [0.2, 0.25) is 0 Å². The Morgan fingerprint density at radius 2 is 1.74 bits per heavy atom. The quantitative estimate of drug-likeness (QED) is 0.494. The molecule has 0 bridgehead atoms. The molecule has 1 saturated heterocycles. The number of carbonyl (C=O) groups excluding carboxylic acids is 1. The van der Waals surface area contributed by atoms with E-state index >= 15 is 0 Å². The normalized spacial score (nSPS) is 14.1. The largest absolute Gasteiger partial charge is 0.497 e. The van der Waals surface area contributed by atoms with Gasteiger partial charge in [0.05, 0.1) is 12.5 Å². The van der Waals surface area contributed by atoms with Crippen LogP contribution < -0.4 is 9.64 Å². The summed E-state index contributed by atoms with van der Waals surface area (Å²) >= 11 is 0. The Balaban J connectivity index is 1.34. The highest BCUT2D eigenvalue weighted by molar-refractivity contribution is 6.01. The molecule has 2 heterocycles. The van der Waals surface area contributed by atoms with Crippen LogP contribution in [0.1, 0.15) is 10.4 Å². The second-order valence-corrected chi connectivity index (χ2v) is 7.59. The number of benzene rings is 3. The highest BCUT2D eigenvalue weighted by Crippen LogP contribution is 2.30. The molecule has 1 fully saturated rings. The van der Waals surface area contributed by atoms with Gasteiger partial charge in [-0.1, -0.05) is 41.6 Å². The lowest BCUT2D eigenvalue weighted by molar-refractivity contribution is 0.0747. The molecule has 0 N–H and O–H groups in total. The van der Waals surface area contributed by atoms with E-state index in [1.54, 1.807) is 7.11 Å². The van der Waals surface area contributed by atoms with Gasteiger partial charge in [0, 0.05) is 49.1 Å². The Bertz CT molecular complexity index is 1210. The fraction of sp³-hybridized carbons (Fsp3) is 0.200.